The Hall–Kier alpha value is -3.35. The molecule has 0 spiro atoms. The number of esters is 2. The van der Waals surface area contributed by atoms with Gasteiger partial charge in [0.2, 0.25) is 0 Å². The predicted molar refractivity (Wildman–Crippen MR) is 114 cm³/mol. The number of hydrogen-bond acceptors (Lipinski definition) is 6. The average molecular weight is 425 g/mol. The van der Waals surface area contributed by atoms with Crippen LogP contribution in [0.4, 0.5) is 0 Å². The fourth-order valence-corrected chi connectivity index (χ4v) is 3.63. The zero-order valence-electron chi connectivity index (χ0n) is 18.1. The maximum absolute atomic E-state index is 12.8. The number of carbonyl (C=O) groups excluding carboxylic acids is 3. The molecule has 0 radical (unpaired) electrons. The summed E-state index contributed by atoms with van der Waals surface area (Å²) in [7, 11) is 1.42. The van der Waals surface area contributed by atoms with E-state index in [1.165, 1.54) is 24.3 Å². The molecule has 1 amide bonds. The number of benzene rings is 2. The van der Waals surface area contributed by atoms with E-state index in [0.717, 1.165) is 0 Å². The quantitative estimate of drug-likeness (QED) is 0.540. The molecule has 3 atom stereocenters. The van der Waals surface area contributed by atoms with Gasteiger partial charge in [-0.1, -0.05) is 44.2 Å². The van der Waals surface area contributed by atoms with Gasteiger partial charge in [0.25, 0.3) is 5.91 Å². The average Bonchev–Trinajstić information content (AvgIpc) is 3.08. The van der Waals surface area contributed by atoms with E-state index in [0.29, 0.717) is 6.42 Å². The van der Waals surface area contributed by atoms with E-state index in [4.69, 9.17) is 14.2 Å². The molecule has 2 unspecified atom stereocenters. The topological polar surface area (TPSA) is 90.9 Å². The van der Waals surface area contributed by atoms with Gasteiger partial charge in [-0.15, -0.1) is 0 Å². The molecule has 164 valence electrons. The zero-order valence-corrected chi connectivity index (χ0v) is 18.1. The van der Waals surface area contributed by atoms with Crippen molar-refractivity contribution < 1.29 is 28.6 Å². The summed E-state index contributed by atoms with van der Waals surface area (Å²) in [6.07, 6.45) is 0.516. The van der Waals surface area contributed by atoms with E-state index in [2.05, 4.69) is 5.32 Å². The Morgan fingerprint density at radius 1 is 1.13 bits per heavy atom. The van der Waals surface area contributed by atoms with Gasteiger partial charge in [0.1, 0.15) is 12.1 Å². The molecule has 0 aliphatic heterocycles. The summed E-state index contributed by atoms with van der Waals surface area (Å²) >= 11 is 0. The summed E-state index contributed by atoms with van der Waals surface area (Å²) in [5.74, 6) is -1.22. The lowest BCUT2D eigenvalue weighted by Crippen LogP contribution is -2.41. The van der Waals surface area contributed by atoms with E-state index in [1.54, 1.807) is 26.0 Å². The van der Waals surface area contributed by atoms with Crippen molar-refractivity contribution in [3.05, 3.63) is 59.2 Å². The first-order valence-electron chi connectivity index (χ1n) is 10.3. The highest BCUT2D eigenvalue weighted by molar-refractivity contribution is 6.00. The molecule has 0 fully saturated rings. The molecule has 7 nitrogen and oxygen atoms in total. The molecule has 2 aromatic carbocycles. The first-order valence-corrected chi connectivity index (χ1v) is 10.3. The largest absolute Gasteiger partial charge is 0.493 e. The molecule has 0 aromatic heterocycles. The molecule has 7 heteroatoms. The van der Waals surface area contributed by atoms with Crippen molar-refractivity contribution in [3.63, 3.8) is 0 Å². The first-order chi connectivity index (χ1) is 14.8. The summed E-state index contributed by atoms with van der Waals surface area (Å²) in [5, 5.41) is 2.63. The van der Waals surface area contributed by atoms with Crippen LogP contribution in [0.15, 0.2) is 42.5 Å². The number of methoxy groups -OCH3 is 1. The number of hydrogen-bond donors (Lipinski definition) is 1. The highest BCUT2D eigenvalue weighted by Gasteiger charge is 2.33. The normalized spacial score (nSPS) is 17.9. The van der Waals surface area contributed by atoms with Crippen molar-refractivity contribution in [3.8, 4) is 11.5 Å². The SMILES string of the molecule is CCC(=O)Oc1c(OC)cccc1C(=O)N[C@@H](C)C(=O)OC1Cc2ccccc2C1C. The van der Waals surface area contributed by atoms with Gasteiger partial charge >= 0.3 is 11.9 Å². The van der Waals surface area contributed by atoms with Crippen LogP contribution in [0.2, 0.25) is 0 Å². The van der Waals surface area contributed by atoms with Crippen LogP contribution in [0.5, 0.6) is 11.5 Å². The van der Waals surface area contributed by atoms with Crippen molar-refractivity contribution in [2.45, 2.75) is 51.7 Å². The number of ether oxygens (including phenoxy) is 3. The minimum absolute atomic E-state index is 0.0229. The number of amides is 1. The monoisotopic (exact) mass is 425 g/mol. The Morgan fingerprint density at radius 3 is 2.55 bits per heavy atom. The second-order valence-corrected chi connectivity index (χ2v) is 7.53. The minimum atomic E-state index is -0.885. The molecule has 31 heavy (non-hydrogen) atoms. The summed E-state index contributed by atoms with van der Waals surface area (Å²) in [6.45, 7) is 5.24. The van der Waals surface area contributed by atoms with Crippen molar-refractivity contribution in [2.75, 3.05) is 7.11 Å². The molecule has 1 aliphatic rings. The van der Waals surface area contributed by atoms with Gasteiger partial charge in [-0.05, 0) is 30.2 Å². The van der Waals surface area contributed by atoms with Crippen molar-refractivity contribution in [1.29, 1.82) is 0 Å². The summed E-state index contributed by atoms with van der Waals surface area (Å²) in [5.41, 5.74) is 2.45. The van der Waals surface area contributed by atoms with Crippen molar-refractivity contribution in [2.24, 2.45) is 0 Å². The Balaban J connectivity index is 1.68. The molecule has 1 N–H and O–H groups in total. The number of para-hydroxylation sites is 1. The van der Waals surface area contributed by atoms with Crippen LogP contribution in [0.3, 0.4) is 0 Å². The predicted octanol–water partition coefficient (Wildman–Crippen LogP) is 3.40. The van der Waals surface area contributed by atoms with Crippen LogP contribution in [0.1, 0.15) is 54.6 Å². The second kappa shape index (κ2) is 9.64. The maximum atomic E-state index is 12.8. The maximum Gasteiger partial charge on any atom is 0.328 e. The van der Waals surface area contributed by atoms with Crippen molar-refractivity contribution in [1.82, 2.24) is 5.32 Å². The van der Waals surface area contributed by atoms with Gasteiger partial charge < -0.3 is 19.5 Å². The number of carbonyl (C=O) groups is 3. The molecular weight excluding hydrogens is 398 g/mol. The molecule has 0 saturated carbocycles. The van der Waals surface area contributed by atoms with Crippen LogP contribution < -0.4 is 14.8 Å². The first kappa shape index (κ1) is 22.3. The lowest BCUT2D eigenvalue weighted by Gasteiger charge is -2.21. The Kier molecular flexibility index (Phi) is 6.95. The van der Waals surface area contributed by atoms with E-state index in [9.17, 15) is 14.4 Å². The Labute approximate surface area is 181 Å². The lowest BCUT2D eigenvalue weighted by atomic mass is 10.0. The van der Waals surface area contributed by atoms with Crippen LogP contribution >= 0.6 is 0 Å². The Bertz CT molecular complexity index is 986. The highest BCUT2D eigenvalue weighted by Crippen LogP contribution is 2.35. The Morgan fingerprint density at radius 2 is 1.87 bits per heavy atom. The fourth-order valence-electron chi connectivity index (χ4n) is 3.63. The van der Waals surface area contributed by atoms with Gasteiger partial charge in [-0.2, -0.15) is 0 Å². The smallest absolute Gasteiger partial charge is 0.328 e. The molecule has 3 rings (SSSR count). The van der Waals surface area contributed by atoms with Crippen molar-refractivity contribution >= 4 is 17.8 Å². The highest BCUT2D eigenvalue weighted by atomic mass is 16.6. The summed E-state index contributed by atoms with van der Waals surface area (Å²) in [4.78, 5) is 37.3. The van der Waals surface area contributed by atoms with E-state index in [1.807, 2.05) is 31.2 Å². The van der Waals surface area contributed by atoms with E-state index >= 15 is 0 Å². The standard InChI is InChI=1S/C24H27NO6/c1-5-21(26)31-22-18(11-8-12-19(22)29-4)23(27)25-15(3)24(28)30-20-13-16-9-6-7-10-17(16)14(20)2/h6-12,14-15,20H,5,13H2,1-4H3,(H,25,27)/t14?,15-,20?/m0/s1. The fraction of sp³-hybridized carbons (Fsp3) is 0.375. The van der Waals surface area contributed by atoms with Gasteiger partial charge in [-0.25, -0.2) is 4.79 Å². The molecule has 0 bridgehead atoms. The third-order valence-electron chi connectivity index (χ3n) is 5.44. The molecule has 1 aliphatic carbocycles. The molecule has 0 saturated heterocycles. The number of rotatable bonds is 7. The summed E-state index contributed by atoms with van der Waals surface area (Å²) < 4.78 is 16.2. The third kappa shape index (κ3) is 4.87. The van der Waals surface area contributed by atoms with Gasteiger partial charge in [0, 0.05) is 18.8 Å². The number of nitrogens with one attached hydrogen (secondary N) is 1. The summed E-state index contributed by atoms with van der Waals surface area (Å²) in [6, 6.07) is 11.8. The van der Waals surface area contributed by atoms with E-state index < -0.39 is 23.9 Å². The molecule has 2 aromatic rings. The van der Waals surface area contributed by atoms with Crippen LogP contribution in [0.25, 0.3) is 0 Å². The van der Waals surface area contributed by atoms with Crippen LogP contribution in [-0.4, -0.2) is 37.1 Å². The van der Waals surface area contributed by atoms with Crippen LogP contribution in [0, 0.1) is 0 Å². The van der Waals surface area contributed by atoms with Gasteiger partial charge in [0.15, 0.2) is 11.5 Å². The van der Waals surface area contributed by atoms with Gasteiger partial charge in [0.05, 0.1) is 12.7 Å². The zero-order chi connectivity index (χ0) is 22.5. The number of fused-ring (bicyclic) bond motifs is 1. The molecule has 0 heterocycles. The van der Waals surface area contributed by atoms with Gasteiger partial charge in [-0.3, -0.25) is 9.59 Å². The minimum Gasteiger partial charge on any atom is -0.493 e. The molecular formula is C24H27NO6. The van der Waals surface area contributed by atoms with Crippen LogP contribution in [-0.2, 0) is 20.7 Å². The van der Waals surface area contributed by atoms with E-state index in [-0.39, 0.29) is 35.5 Å². The third-order valence-corrected chi connectivity index (χ3v) is 5.44. The second-order valence-electron chi connectivity index (χ2n) is 7.53. The lowest BCUT2D eigenvalue weighted by molar-refractivity contribution is -0.151.